The van der Waals surface area contributed by atoms with Crippen molar-refractivity contribution in [2.24, 2.45) is 0 Å². The van der Waals surface area contributed by atoms with Crippen LogP contribution in [0.25, 0.3) is 0 Å². The first-order valence-corrected chi connectivity index (χ1v) is 7.81. The third kappa shape index (κ3) is 11.8. The lowest BCUT2D eigenvalue weighted by molar-refractivity contribution is -0.135. The Morgan fingerprint density at radius 1 is 0.714 bits per heavy atom. The molecule has 0 saturated carbocycles. The number of halogens is 5. The Morgan fingerprint density at radius 3 is 1.38 bits per heavy atom. The molecule has 0 atom stereocenters. The van der Waals surface area contributed by atoms with E-state index in [1.165, 1.54) is 0 Å². The summed E-state index contributed by atoms with van der Waals surface area (Å²) in [4.78, 5) is 0. The minimum absolute atomic E-state index is 0. The zero-order valence-corrected chi connectivity index (χ0v) is 12.4. The monoisotopic (exact) mass is 343 g/mol. The third-order valence-electron chi connectivity index (χ3n) is 2.81. The average molecular weight is 343 g/mol. The highest BCUT2D eigenvalue weighted by atomic mass is 32.2. The van der Waals surface area contributed by atoms with Crippen molar-refractivity contribution in [2.75, 3.05) is 0 Å². The highest BCUT2D eigenvalue weighted by molar-refractivity contribution is 7.86. The molecule has 0 unspecified atom stereocenters. The molecule has 0 aromatic heterocycles. The quantitative estimate of drug-likeness (QED) is 0.342. The molecule has 0 aliphatic rings. The molecule has 0 aliphatic carbocycles. The maximum atomic E-state index is 12.8. The summed E-state index contributed by atoms with van der Waals surface area (Å²) in [6.07, 6.45) is -3.35. The van der Waals surface area contributed by atoms with Crippen molar-refractivity contribution in [3.63, 3.8) is 0 Å². The SMILES string of the molecule is N.O=S(=O)(O)C(F)(F)CCCCCCCCCC(F)(F)F. The first-order chi connectivity index (χ1) is 8.96. The van der Waals surface area contributed by atoms with E-state index >= 15 is 0 Å². The van der Waals surface area contributed by atoms with Gasteiger partial charge in [0.2, 0.25) is 0 Å². The summed E-state index contributed by atoms with van der Waals surface area (Å²) in [5, 5.41) is -4.13. The molecular weight excluding hydrogens is 321 g/mol. The molecule has 4 N–H and O–H groups in total. The van der Waals surface area contributed by atoms with E-state index in [1.54, 1.807) is 0 Å². The fourth-order valence-corrected chi connectivity index (χ4v) is 2.07. The van der Waals surface area contributed by atoms with Gasteiger partial charge in [-0.2, -0.15) is 30.4 Å². The van der Waals surface area contributed by atoms with Gasteiger partial charge < -0.3 is 6.15 Å². The average Bonchev–Trinajstić information content (AvgIpc) is 2.23. The lowest BCUT2D eigenvalue weighted by Gasteiger charge is -2.12. The first-order valence-electron chi connectivity index (χ1n) is 6.37. The van der Waals surface area contributed by atoms with Gasteiger partial charge >= 0.3 is 21.5 Å². The Kier molecular flexibility index (Phi) is 10.3. The molecule has 10 heteroatoms. The Morgan fingerprint density at radius 2 is 1.05 bits per heavy atom. The van der Waals surface area contributed by atoms with Crippen LogP contribution in [-0.4, -0.2) is 24.4 Å². The normalized spacial score (nSPS) is 13.0. The van der Waals surface area contributed by atoms with Crippen LogP contribution in [0.5, 0.6) is 0 Å². The molecule has 130 valence electrons. The van der Waals surface area contributed by atoms with Gasteiger partial charge in [0, 0.05) is 12.8 Å². The number of unbranched alkanes of at least 4 members (excludes halogenated alkanes) is 6. The van der Waals surface area contributed by atoms with Gasteiger partial charge in [0.05, 0.1) is 0 Å². The van der Waals surface area contributed by atoms with Crippen LogP contribution in [0.15, 0.2) is 0 Å². The highest BCUT2D eigenvalue weighted by Gasteiger charge is 2.42. The molecule has 0 fully saturated rings. The minimum atomic E-state index is -5.36. The van der Waals surface area contributed by atoms with Crippen LogP contribution in [0.1, 0.15) is 57.8 Å². The van der Waals surface area contributed by atoms with E-state index in [9.17, 15) is 30.4 Å². The van der Waals surface area contributed by atoms with Gasteiger partial charge in [0.15, 0.2) is 0 Å². The van der Waals surface area contributed by atoms with Gasteiger partial charge in [-0.1, -0.05) is 32.1 Å². The van der Waals surface area contributed by atoms with Gasteiger partial charge in [-0.3, -0.25) is 4.55 Å². The molecule has 0 aliphatic heterocycles. The molecule has 21 heavy (non-hydrogen) atoms. The summed E-state index contributed by atoms with van der Waals surface area (Å²) in [6.45, 7) is 0. The first kappa shape index (κ1) is 22.8. The summed E-state index contributed by atoms with van der Waals surface area (Å²) in [5.74, 6) is 0. The molecule has 0 spiro atoms. The maximum Gasteiger partial charge on any atom is 0.389 e. The van der Waals surface area contributed by atoms with E-state index in [-0.39, 0.29) is 19.0 Å². The summed E-state index contributed by atoms with van der Waals surface area (Å²) in [5.41, 5.74) is 0. The van der Waals surface area contributed by atoms with Gasteiger partial charge in [0.1, 0.15) is 0 Å². The van der Waals surface area contributed by atoms with E-state index in [0.29, 0.717) is 32.1 Å². The molecule has 0 amide bonds. The second kappa shape index (κ2) is 9.52. The van der Waals surface area contributed by atoms with Crippen LogP contribution in [-0.2, 0) is 10.1 Å². The second-order valence-corrected chi connectivity index (χ2v) is 6.25. The van der Waals surface area contributed by atoms with E-state index in [4.69, 9.17) is 4.55 Å². The zero-order valence-electron chi connectivity index (χ0n) is 11.6. The Bertz CT molecular complexity index is 371. The summed E-state index contributed by atoms with van der Waals surface area (Å²) in [7, 11) is -5.36. The minimum Gasteiger partial charge on any atom is -0.344 e. The summed E-state index contributed by atoms with van der Waals surface area (Å²) in [6, 6.07) is 0. The van der Waals surface area contributed by atoms with Crippen LogP contribution < -0.4 is 6.15 Å². The largest absolute Gasteiger partial charge is 0.389 e. The van der Waals surface area contributed by atoms with Crippen molar-refractivity contribution in [3.8, 4) is 0 Å². The second-order valence-electron chi connectivity index (χ2n) is 4.70. The van der Waals surface area contributed by atoms with Crippen LogP contribution in [0, 0.1) is 0 Å². The third-order valence-corrected chi connectivity index (χ3v) is 3.76. The topological polar surface area (TPSA) is 89.4 Å². The Hall–Kier alpha value is -0.480. The summed E-state index contributed by atoms with van der Waals surface area (Å²) >= 11 is 0. The highest BCUT2D eigenvalue weighted by Crippen LogP contribution is 2.27. The molecule has 0 aromatic rings. The lowest BCUT2D eigenvalue weighted by Crippen LogP contribution is -2.27. The molecule has 4 nitrogen and oxygen atoms in total. The van der Waals surface area contributed by atoms with Gasteiger partial charge in [-0.25, -0.2) is 0 Å². The van der Waals surface area contributed by atoms with Crippen molar-refractivity contribution in [2.45, 2.75) is 69.2 Å². The van der Waals surface area contributed by atoms with Crippen molar-refractivity contribution in [1.29, 1.82) is 0 Å². The summed E-state index contributed by atoms with van der Waals surface area (Å²) < 4.78 is 89.8. The number of rotatable bonds is 10. The fourth-order valence-electron chi connectivity index (χ4n) is 1.67. The van der Waals surface area contributed by atoms with E-state index in [0.717, 1.165) is 0 Å². The Balaban J connectivity index is 0. The van der Waals surface area contributed by atoms with Gasteiger partial charge in [0.25, 0.3) is 0 Å². The number of alkyl halides is 5. The number of hydrogen-bond donors (Lipinski definition) is 2. The van der Waals surface area contributed by atoms with Gasteiger partial charge in [-0.15, -0.1) is 0 Å². The van der Waals surface area contributed by atoms with Crippen LogP contribution >= 0.6 is 0 Å². The predicted molar refractivity (Wildman–Crippen MR) is 69.1 cm³/mol. The van der Waals surface area contributed by atoms with E-state index < -0.39 is 34.4 Å². The van der Waals surface area contributed by atoms with Crippen molar-refractivity contribution in [3.05, 3.63) is 0 Å². The maximum absolute atomic E-state index is 12.8. The fraction of sp³-hybridized carbons (Fsp3) is 1.00. The molecule has 0 heterocycles. The van der Waals surface area contributed by atoms with Gasteiger partial charge in [-0.05, 0) is 12.8 Å². The zero-order chi connectivity index (χ0) is 15.9. The molecule has 0 bridgehead atoms. The van der Waals surface area contributed by atoms with E-state index in [1.807, 2.05) is 0 Å². The van der Waals surface area contributed by atoms with Crippen LogP contribution in [0.4, 0.5) is 22.0 Å². The molecular formula is C11H22F5NO3S. The molecule has 0 aromatic carbocycles. The lowest BCUT2D eigenvalue weighted by atomic mass is 10.1. The predicted octanol–water partition coefficient (Wildman–Crippen LogP) is 4.70. The molecule has 0 rings (SSSR count). The van der Waals surface area contributed by atoms with Crippen LogP contribution in [0.3, 0.4) is 0 Å². The Labute approximate surface area is 121 Å². The number of hydrogen-bond acceptors (Lipinski definition) is 3. The van der Waals surface area contributed by atoms with Crippen molar-refractivity contribution >= 4 is 10.1 Å². The van der Waals surface area contributed by atoms with E-state index in [2.05, 4.69) is 0 Å². The standard InChI is InChI=1S/C11H19F5O3S.H3N/c12-10(13,14)8-6-4-2-1-3-5-7-9-11(15,16)20(17,18)19;/h1-9H2,(H,17,18,19);1H3. The molecule has 0 radical (unpaired) electrons. The molecule has 0 saturated heterocycles. The smallest absolute Gasteiger partial charge is 0.344 e. The van der Waals surface area contributed by atoms with Crippen molar-refractivity contribution in [1.82, 2.24) is 6.15 Å². The van der Waals surface area contributed by atoms with Crippen molar-refractivity contribution < 1.29 is 34.9 Å². The van der Waals surface area contributed by atoms with Crippen LogP contribution in [0.2, 0.25) is 0 Å².